The Morgan fingerprint density at radius 2 is 1.75 bits per heavy atom. The van der Waals surface area contributed by atoms with E-state index >= 15 is 0 Å². The van der Waals surface area contributed by atoms with E-state index in [4.69, 9.17) is 0 Å². The molecule has 0 aliphatic carbocycles. The van der Waals surface area contributed by atoms with Crippen molar-refractivity contribution in [3.8, 4) is 0 Å². The average molecular weight is 559 g/mol. The van der Waals surface area contributed by atoms with Gasteiger partial charge in [0.1, 0.15) is 23.7 Å². The Kier molecular flexibility index (Phi) is 10.8. The molecule has 4 amide bonds. The second-order valence-electron chi connectivity index (χ2n) is 11.5. The van der Waals surface area contributed by atoms with Gasteiger partial charge in [-0.1, -0.05) is 57.0 Å². The maximum Gasteiger partial charge on any atom is 0.246 e. The Morgan fingerprint density at radius 1 is 1.05 bits per heavy atom. The van der Waals surface area contributed by atoms with Crippen molar-refractivity contribution in [2.24, 2.45) is 5.92 Å². The monoisotopic (exact) mass is 558 g/mol. The van der Waals surface area contributed by atoms with E-state index in [-0.39, 0.29) is 37.5 Å². The van der Waals surface area contributed by atoms with Gasteiger partial charge in [-0.05, 0) is 51.0 Å². The molecule has 2 aliphatic heterocycles. The normalized spacial score (nSPS) is 28.5. The van der Waals surface area contributed by atoms with Gasteiger partial charge in [0.25, 0.3) is 0 Å². The molecule has 0 radical (unpaired) electrons. The second kappa shape index (κ2) is 13.9. The molecule has 0 spiro atoms. The largest absolute Gasteiger partial charge is 0.343 e. The predicted molar refractivity (Wildman–Crippen MR) is 149 cm³/mol. The van der Waals surface area contributed by atoms with Crippen LogP contribution in [-0.4, -0.2) is 70.7 Å². The zero-order chi connectivity index (χ0) is 29.4. The lowest BCUT2D eigenvalue weighted by Crippen LogP contribution is -2.65. The maximum atomic E-state index is 13.9. The summed E-state index contributed by atoms with van der Waals surface area (Å²) >= 11 is 0. The minimum Gasteiger partial charge on any atom is -0.343 e. The van der Waals surface area contributed by atoms with E-state index in [0.717, 1.165) is 5.56 Å². The summed E-state index contributed by atoms with van der Waals surface area (Å²) in [6.07, 6.45) is 1.46. The first-order chi connectivity index (χ1) is 18.9. The molecule has 220 valence electrons. The van der Waals surface area contributed by atoms with Crippen LogP contribution in [0.1, 0.15) is 78.2 Å². The molecule has 0 bridgehead atoms. The van der Waals surface area contributed by atoms with Crippen molar-refractivity contribution in [2.75, 3.05) is 6.54 Å². The smallest absolute Gasteiger partial charge is 0.246 e. The van der Waals surface area contributed by atoms with Gasteiger partial charge < -0.3 is 20.9 Å². The van der Waals surface area contributed by atoms with Crippen LogP contribution in [0.4, 0.5) is 4.39 Å². The van der Waals surface area contributed by atoms with Crippen LogP contribution in [-0.2, 0) is 30.4 Å². The lowest BCUT2D eigenvalue weighted by molar-refractivity contribution is -0.144. The van der Waals surface area contributed by atoms with Crippen molar-refractivity contribution in [1.82, 2.24) is 20.9 Å². The summed E-state index contributed by atoms with van der Waals surface area (Å²) in [4.78, 5) is 67.5. The first-order valence-corrected chi connectivity index (χ1v) is 14.4. The molecule has 9 nitrogen and oxygen atoms in total. The zero-order valence-electron chi connectivity index (χ0n) is 24.0. The number of unbranched alkanes of at least 4 members (excludes halogenated alkanes) is 2. The van der Waals surface area contributed by atoms with Crippen molar-refractivity contribution in [3.05, 3.63) is 35.9 Å². The molecule has 1 aromatic rings. The molecule has 10 heteroatoms. The van der Waals surface area contributed by atoms with E-state index in [9.17, 15) is 28.4 Å². The minimum absolute atomic E-state index is 0.0709. The highest BCUT2D eigenvalue weighted by atomic mass is 19.1. The molecular weight excluding hydrogens is 515 g/mol. The number of Topliss-reactive ketones (excluding diaryl/α,β-unsaturated/α-hetero) is 1. The van der Waals surface area contributed by atoms with E-state index in [1.54, 1.807) is 13.8 Å². The third-order valence-corrected chi connectivity index (χ3v) is 8.08. The van der Waals surface area contributed by atoms with Gasteiger partial charge >= 0.3 is 0 Å². The fourth-order valence-corrected chi connectivity index (χ4v) is 5.33. The quantitative estimate of drug-likeness (QED) is 0.381. The Hall–Kier alpha value is -3.30. The fraction of sp³-hybridized carbons (Fsp3) is 0.633. The molecule has 6 atom stereocenters. The van der Waals surface area contributed by atoms with Gasteiger partial charge in [0.05, 0.1) is 0 Å². The van der Waals surface area contributed by atoms with Crippen LogP contribution in [0, 0.1) is 5.92 Å². The molecule has 0 aromatic heterocycles. The molecule has 1 unspecified atom stereocenters. The van der Waals surface area contributed by atoms with E-state index < -0.39 is 53.3 Å². The van der Waals surface area contributed by atoms with Crippen LogP contribution in [0.2, 0.25) is 0 Å². The molecule has 2 aliphatic rings. The lowest BCUT2D eigenvalue weighted by atomic mass is 9.94. The lowest BCUT2D eigenvalue weighted by Gasteiger charge is -2.36. The molecule has 0 saturated carbocycles. The summed E-state index contributed by atoms with van der Waals surface area (Å²) in [6.45, 7) is 6.94. The van der Waals surface area contributed by atoms with E-state index in [0.29, 0.717) is 32.2 Å². The summed E-state index contributed by atoms with van der Waals surface area (Å²) in [6, 6.07) is 6.78. The number of hydrogen-bond acceptors (Lipinski definition) is 5. The number of rotatable bonds is 10. The first-order valence-electron chi connectivity index (χ1n) is 14.4. The zero-order valence-corrected chi connectivity index (χ0v) is 24.0. The van der Waals surface area contributed by atoms with E-state index in [1.807, 2.05) is 37.3 Å². The SMILES string of the molecule is CC[C@]1(C)NC(=O)[C@H](CCCCCC(=O)C(C)F)NC(=O)[C@H]2C[C@H](C)CN2C(=O)[C@H](Cc2ccccc2)NC1=O. The predicted octanol–water partition coefficient (Wildman–Crippen LogP) is 2.61. The van der Waals surface area contributed by atoms with Gasteiger partial charge in [0.15, 0.2) is 12.0 Å². The topological polar surface area (TPSA) is 125 Å². The number of carbonyl (C=O) groups is 5. The number of ketones is 1. The summed E-state index contributed by atoms with van der Waals surface area (Å²) in [7, 11) is 0. The highest BCUT2D eigenvalue weighted by Crippen LogP contribution is 2.26. The van der Waals surface area contributed by atoms with Crippen molar-refractivity contribution in [3.63, 3.8) is 0 Å². The third-order valence-electron chi connectivity index (χ3n) is 8.08. The number of amides is 4. The molecule has 1 aromatic carbocycles. The van der Waals surface area contributed by atoms with Crippen molar-refractivity contribution in [1.29, 1.82) is 0 Å². The number of halogens is 1. The molecule has 2 heterocycles. The third kappa shape index (κ3) is 7.88. The Bertz CT molecular complexity index is 1080. The number of benzene rings is 1. The van der Waals surface area contributed by atoms with Crippen LogP contribution in [0.5, 0.6) is 0 Å². The second-order valence-corrected chi connectivity index (χ2v) is 11.5. The molecular formula is C30H43FN4O5. The number of nitrogens with one attached hydrogen (secondary N) is 3. The summed E-state index contributed by atoms with van der Waals surface area (Å²) < 4.78 is 13.1. The molecule has 2 fully saturated rings. The number of carbonyl (C=O) groups excluding carboxylic acids is 5. The number of hydrogen-bond donors (Lipinski definition) is 3. The van der Waals surface area contributed by atoms with Gasteiger partial charge in [-0.15, -0.1) is 0 Å². The number of alkyl halides is 1. The molecule has 40 heavy (non-hydrogen) atoms. The molecule has 3 N–H and O–H groups in total. The highest BCUT2D eigenvalue weighted by molar-refractivity contribution is 5.99. The van der Waals surface area contributed by atoms with Gasteiger partial charge in [-0.2, -0.15) is 0 Å². The van der Waals surface area contributed by atoms with Crippen molar-refractivity contribution in [2.45, 2.75) is 109 Å². The summed E-state index contributed by atoms with van der Waals surface area (Å²) in [5.41, 5.74) is -0.443. The van der Waals surface area contributed by atoms with Crippen LogP contribution in [0.25, 0.3) is 0 Å². The van der Waals surface area contributed by atoms with Crippen LogP contribution >= 0.6 is 0 Å². The number of nitrogens with zero attached hydrogens (tertiary/aromatic N) is 1. The average Bonchev–Trinajstić information content (AvgIpc) is 3.32. The first kappa shape index (κ1) is 31.2. The standard InChI is InChI=1S/C30H43FN4O5/c1-5-30(4)29(40)33-23(17-21-12-8-6-9-13-21)28(39)35-18-19(2)16-24(35)27(38)32-22(26(37)34-30)14-10-7-11-15-25(36)20(3)31/h6,8-9,12-13,19-20,22-24H,5,7,10-11,14-18H2,1-4H3,(H,32,38)(H,33,40)(H,34,37)/t19-,20?,22-,23-,24+,30-/m0/s1. The Labute approximate surface area is 236 Å². The van der Waals surface area contributed by atoms with Crippen LogP contribution < -0.4 is 16.0 Å². The van der Waals surface area contributed by atoms with Gasteiger partial charge in [0, 0.05) is 19.4 Å². The maximum absolute atomic E-state index is 13.9. The van der Waals surface area contributed by atoms with E-state index in [2.05, 4.69) is 16.0 Å². The van der Waals surface area contributed by atoms with Gasteiger partial charge in [0.2, 0.25) is 23.6 Å². The molecule has 3 rings (SSSR count). The highest BCUT2D eigenvalue weighted by Gasteiger charge is 2.44. The van der Waals surface area contributed by atoms with Gasteiger partial charge in [-0.25, -0.2) is 4.39 Å². The summed E-state index contributed by atoms with van der Waals surface area (Å²) in [5.74, 6) is -2.05. The van der Waals surface area contributed by atoms with Crippen LogP contribution in [0.3, 0.4) is 0 Å². The number of fused-ring (bicyclic) bond motifs is 1. The van der Waals surface area contributed by atoms with Gasteiger partial charge in [-0.3, -0.25) is 24.0 Å². The van der Waals surface area contributed by atoms with E-state index in [1.165, 1.54) is 11.8 Å². The summed E-state index contributed by atoms with van der Waals surface area (Å²) in [5, 5.41) is 8.57. The minimum atomic E-state index is -1.50. The Balaban J connectivity index is 1.84. The van der Waals surface area contributed by atoms with Crippen LogP contribution in [0.15, 0.2) is 30.3 Å². The van der Waals surface area contributed by atoms with Crippen molar-refractivity contribution < 1.29 is 28.4 Å². The van der Waals surface area contributed by atoms with Crippen molar-refractivity contribution >= 4 is 29.4 Å². The fourth-order valence-electron chi connectivity index (χ4n) is 5.33. The molecule has 2 saturated heterocycles. The Morgan fingerprint density at radius 3 is 2.40 bits per heavy atom.